The normalized spacial score (nSPS) is 21.2. The standard InChI is InChI=1S/C22H29NO2/c1-18-16-23(17-19(2)25-18)14-8-9-15-24-22-13-7-6-12-21(22)20-10-4-3-5-11-20/h3-7,10-13,18-19H,8-9,14-17H2,1-2H3. The molecular weight excluding hydrogens is 310 g/mol. The monoisotopic (exact) mass is 339 g/mol. The molecule has 2 atom stereocenters. The summed E-state index contributed by atoms with van der Waals surface area (Å²) in [4.78, 5) is 2.51. The van der Waals surface area contributed by atoms with Crippen LogP contribution in [0.5, 0.6) is 5.75 Å². The Hall–Kier alpha value is -1.84. The average molecular weight is 339 g/mol. The highest BCUT2D eigenvalue weighted by Gasteiger charge is 2.21. The van der Waals surface area contributed by atoms with Crippen molar-refractivity contribution in [2.75, 3.05) is 26.2 Å². The Balaban J connectivity index is 1.45. The first kappa shape index (κ1) is 18.0. The second-order valence-corrected chi connectivity index (χ2v) is 6.93. The van der Waals surface area contributed by atoms with E-state index in [1.54, 1.807) is 0 Å². The fourth-order valence-corrected chi connectivity index (χ4v) is 3.54. The zero-order valence-corrected chi connectivity index (χ0v) is 15.4. The molecule has 0 N–H and O–H groups in total. The van der Waals surface area contributed by atoms with Crippen LogP contribution < -0.4 is 4.74 Å². The van der Waals surface area contributed by atoms with Crippen molar-refractivity contribution in [2.24, 2.45) is 0 Å². The lowest BCUT2D eigenvalue weighted by atomic mass is 10.1. The van der Waals surface area contributed by atoms with Crippen LogP contribution in [0.2, 0.25) is 0 Å². The highest BCUT2D eigenvalue weighted by atomic mass is 16.5. The number of nitrogens with zero attached hydrogens (tertiary/aromatic N) is 1. The van der Waals surface area contributed by atoms with Crippen LogP contribution in [0.25, 0.3) is 11.1 Å². The Morgan fingerprint density at radius 2 is 1.60 bits per heavy atom. The van der Waals surface area contributed by atoms with Gasteiger partial charge in [0.05, 0.1) is 18.8 Å². The number of morpholine rings is 1. The Bertz CT molecular complexity index is 633. The number of rotatable bonds is 7. The van der Waals surface area contributed by atoms with Crippen molar-refractivity contribution < 1.29 is 9.47 Å². The van der Waals surface area contributed by atoms with Gasteiger partial charge in [0.2, 0.25) is 0 Å². The summed E-state index contributed by atoms with van der Waals surface area (Å²) < 4.78 is 11.9. The molecule has 3 nitrogen and oxygen atoms in total. The van der Waals surface area contributed by atoms with Crippen molar-refractivity contribution in [2.45, 2.75) is 38.9 Å². The van der Waals surface area contributed by atoms with Gasteiger partial charge in [0.25, 0.3) is 0 Å². The first-order valence-electron chi connectivity index (χ1n) is 9.37. The van der Waals surface area contributed by atoms with Crippen LogP contribution >= 0.6 is 0 Å². The van der Waals surface area contributed by atoms with Gasteiger partial charge in [-0.3, -0.25) is 4.90 Å². The van der Waals surface area contributed by atoms with Gasteiger partial charge in [-0.1, -0.05) is 48.5 Å². The van der Waals surface area contributed by atoms with Crippen LogP contribution in [0.3, 0.4) is 0 Å². The minimum atomic E-state index is 0.345. The van der Waals surface area contributed by atoms with E-state index in [2.05, 4.69) is 61.2 Å². The summed E-state index contributed by atoms with van der Waals surface area (Å²) in [6.45, 7) is 8.30. The smallest absolute Gasteiger partial charge is 0.127 e. The molecule has 1 fully saturated rings. The lowest BCUT2D eigenvalue weighted by Crippen LogP contribution is -2.45. The van der Waals surface area contributed by atoms with Gasteiger partial charge in [0.15, 0.2) is 0 Å². The van der Waals surface area contributed by atoms with Crippen LogP contribution in [0.4, 0.5) is 0 Å². The van der Waals surface area contributed by atoms with Crippen molar-refractivity contribution in [3.05, 3.63) is 54.6 Å². The van der Waals surface area contributed by atoms with E-state index in [0.29, 0.717) is 12.2 Å². The molecule has 1 aliphatic rings. The SMILES string of the molecule is CC1CN(CCCCOc2ccccc2-c2ccccc2)CC(C)O1. The number of unbranched alkanes of at least 4 members (excludes halogenated alkanes) is 1. The third kappa shape index (κ3) is 5.32. The van der Waals surface area contributed by atoms with E-state index in [9.17, 15) is 0 Å². The summed E-state index contributed by atoms with van der Waals surface area (Å²) in [5.41, 5.74) is 2.37. The zero-order valence-electron chi connectivity index (χ0n) is 15.4. The van der Waals surface area contributed by atoms with Crippen molar-refractivity contribution in [3.8, 4) is 16.9 Å². The molecule has 3 rings (SSSR count). The van der Waals surface area contributed by atoms with E-state index in [1.807, 2.05) is 12.1 Å². The van der Waals surface area contributed by atoms with E-state index in [0.717, 1.165) is 44.8 Å². The molecule has 0 amide bonds. The molecule has 0 aliphatic carbocycles. The molecule has 0 saturated carbocycles. The minimum Gasteiger partial charge on any atom is -0.493 e. The first-order valence-corrected chi connectivity index (χ1v) is 9.37. The van der Waals surface area contributed by atoms with Crippen molar-refractivity contribution in [1.29, 1.82) is 0 Å². The zero-order chi connectivity index (χ0) is 17.5. The predicted octanol–water partition coefficient (Wildman–Crippen LogP) is 4.62. The van der Waals surface area contributed by atoms with E-state index in [-0.39, 0.29) is 0 Å². The number of ether oxygens (including phenoxy) is 2. The molecule has 3 heteroatoms. The molecule has 2 unspecified atom stereocenters. The largest absolute Gasteiger partial charge is 0.493 e. The van der Waals surface area contributed by atoms with Crippen molar-refractivity contribution in [3.63, 3.8) is 0 Å². The Morgan fingerprint density at radius 1 is 0.920 bits per heavy atom. The van der Waals surface area contributed by atoms with Crippen LogP contribution in [0.15, 0.2) is 54.6 Å². The highest BCUT2D eigenvalue weighted by molar-refractivity contribution is 5.70. The van der Waals surface area contributed by atoms with Gasteiger partial charge < -0.3 is 9.47 Å². The van der Waals surface area contributed by atoms with Crippen molar-refractivity contribution in [1.82, 2.24) is 4.90 Å². The molecule has 134 valence electrons. The fourth-order valence-electron chi connectivity index (χ4n) is 3.54. The van der Waals surface area contributed by atoms with Crippen molar-refractivity contribution >= 4 is 0 Å². The lowest BCUT2D eigenvalue weighted by Gasteiger charge is -2.35. The lowest BCUT2D eigenvalue weighted by molar-refractivity contribution is -0.0682. The second-order valence-electron chi connectivity index (χ2n) is 6.93. The minimum absolute atomic E-state index is 0.345. The molecule has 1 aliphatic heterocycles. The molecule has 0 bridgehead atoms. The summed E-state index contributed by atoms with van der Waals surface area (Å²) in [6, 6.07) is 18.7. The maximum Gasteiger partial charge on any atom is 0.127 e. The molecule has 25 heavy (non-hydrogen) atoms. The number of benzene rings is 2. The van der Waals surface area contributed by atoms with Crippen LogP contribution in [0.1, 0.15) is 26.7 Å². The first-order chi connectivity index (χ1) is 12.2. The summed E-state index contributed by atoms with van der Waals surface area (Å²) >= 11 is 0. The molecule has 2 aromatic carbocycles. The van der Waals surface area contributed by atoms with Gasteiger partial charge in [-0.05, 0) is 44.9 Å². The van der Waals surface area contributed by atoms with Gasteiger partial charge >= 0.3 is 0 Å². The maximum absolute atomic E-state index is 6.08. The Labute approximate surface area is 151 Å². The van der Waals surface area contributed by atoms with E-state index < -0.39 is 0 Å². The van der Waals surface area contributed by atoms with Gasteiger partial charge in [-0.25, -0.2) is 0 Å². The molecule has 1 saturated heterocycles. The quantitative estimate of drug-likeness (QED) is 0.687. The second kappa shape index (κ2) is 9.02. The number of hydrogen-bond acceptors (Lipinski definition) is 3. The van der Waals surface area contributed by atoms with Gasteiger partial charge in [-0.2, -0.15) is 0 Å². The van der Waals surface area contributed by atoms with E-state index >= 15 is 0 Å². The summed E-state index contributed by atoms with van der Waals surface area (Å²) in [6.07, 6.45) is 2.92. The van der Waals surface area contributed by atoms with Crippen LogP contribution in [0, 0.1) is 0 Å². The summed E-state index contributed by atoms with van der Waals surface area (Å²) in [5, 5.41) is 0. The third-order valence-corrected chi connectivity index (χ3v) is 4.59. The molecule has 0 aromatic heterocycles. The predicted molar refractivity (Wildman–Crippen MR) is 103 cm³/mol. The average Bonchev–Trinajstić information content (AvgIpc) is 2.62. The maximum atomic E-state index is 6.08. The topological polar surface area (TPSA) is 21.7 Å². The van der Waals surface area contributed by atoms with Gasteiger partial charge in [0.1, 0.15) is 5.75 Å². The molecule has 2 aromatic rings. The van der Waals surface area contributed by atoms with E-state index in [1.165, 1.54) is 11.1 Å². The highest BCUT2D eigenvalue weighted by Crippen LogP contribution is 2.29. The number of hydrogen-bond donors (Lipinski definition) is 0. The Morgan fingerprint density at radius 3 is 2.36 bits per heavy atom. The van der Waals surface area contributed by atoms with Crippen LogP contribution in [-0.4, -0.2) is 43.3 Å². The Kier molecular flexibility index (Phi) is 6.48. The van der Waals surface area contributed by atoms with Gasteiger partial charge in [0, 0.05) is 18.7 Å². The summed E-state index contributed by atoms with van der Waals surface area (Å²) in [7, 11) is 0. The summed E-state index contributed by atoms with van der Waals surface area (Å²) in [5.74, 6) is 0.974. The third-order valence-electron chi connectivity index (χ3n) is 4.59. The molecule has 0 radical (unpaired) electrons. The van der Waals surface area contributed by atoms with Crippen LogP contribution in [-0.2, 0) is 4.74 Å². The van der Waals surface area contributed by atoms with E-state index in [4.69, 9.17) is 9.47 Å². The molecular formula is C22H29NO2. The van der Waals surface area contributed by atoms with Gasteiger partial charge in [-0.15, -0.1) is 0 Å². The number of para-hydroxylation sites is 1. The molecule has 0 spiro atoms. The molecule has 1 heterocycles. The fraction of sp³-hybridized carbons (Fsp3) is 0.455.